The lowest BCUT2D eigenvalue weighted by atomic mass is 10.1. The number of nitrogens with zero attached hydrogens (tertiary/aromatic N) is 7. The molecule has 0 bridgehead atoms. The Labute approximate surface area is 248 Å². The summed E-state index contributed by atoms with van der Waals surface area (Å²) in [5.74, 6) is 2.22. The molecule has 13 heteroatoms. The number of oxime groups is 1. The monoisotopic (exact) mass is 598 g/mol. The van der Waals surface area contributed by atoms with Crippen molar-refractivity contribution in [2.75, 3.05) is 19.7 Å². The predicted molar refractivity (Wildman–Crippen MR) is 157 cm³/mol. The highest BCUT2D eigenvalue weighted by molar-refractivity contribution is 6.30. The molecule has 3 N–H and O–H groups in total. The molecule has 1 atom stereocenters. The summed E-state index contributed by atoms with van der Waals surface area (Å²) >= 11 is 6.00. The maximum absolute atomic E-state index is 9.09. The van der Waals surface area contributed by atoms with Crippen molar-refractivity contribution in [2.24, 2.45) is 10.9 Å². The minimum Gasteiger partial charge on any atom is -0.474 e. The second kappa shape index (κ2) is 13.0. The van der Waals surface area contributed by atoms with Gasteiger partial charge < -0.3 is 25.0 Å². The average Bonchev–Trinajstić information content (AvgIpc) is 3.28. The molecule has 0 amide bonds. The van der Waals surface area contributed by atoms with Gasteiger partial charge in [0.25, 0.3) is 0 Å². The van der Waals surface area contributed by atoms with Crippen LogP contribution in [0.3, 0.4) is 0 Å². The molecular weight excluding hydrogens is 567 g/mol. The summed E-state index contributed by atoms with van der Waals surface area (Å²) in [5, 5.41) is 12.9. The Kier molecular flexibility index (Phi) is 9.19. The third-order valence-electron chi connectivity index (χ3n) is 7.36. The van der Waals surface area contributed by atoms with Crippen molar-refractivity contribution < 1.29 is 14.7 Å². The Morgan fingerprint density at radius 3 is 2.56 bits per heavy atom. The minimum atomic E-state index is -0.0287. The van der Waals surface area contributed by atoms with E-state index in [1.807, 2.05) is 36.4 Å². The molecule has 5 heterocycles. The first-order chi connectivity index (χ1) is 19.5. The van der Waals surface area contributed by atoms with Crippen LogP contribution in [0.1, 0.15) is 42.2 Å². The van der Waals surface area contributed by atoms with Crippen LogP contribution in [0.5, 0.6) is 5.88 Å². The van der Waals surface area contributed by atoms with Crippen LogP contribution in [-0.4, -0.2) is 72.4 Å². The molecule has 1 aromatic carbocycles. The van der Waals surface area contributed by atoms with Crippen molar-refractivity contribution in [3.63, 3.8) is 0 Å². The van der Waals surface area contributed by atoms with Crippen LogP contribution < -0.4 is 10.5 Å². The molecule has 6 rings (SSSR count). The standard InChI is InChI=1S/C28H31ClN8O3.ClH/c29-19-3-1-18(2-4-19)15-24-31-11-7-26(34-24)40-20-8-12-36(13-9-20)17-25-32-23-6-5-22(27(30)35-38)33-28(23)37(25)16-21-10-14-39-21;/h1-7,11,20-21,38H,8-10,12-17H2,(H2,30,35);1H/t21-;/m0./s1. The molecule has 0 unspecified atom stereocenters. The number of nitrogens with two attached hydrogens (primary N) is 1. The number of likely N-dealkylation sites (tertiary alicyclic amines) is 1. The fraction of sp³-hybridized carbons (Fsp3) is 0.393. The molecule has 0 saturated carbocycles. The van der Waals surface area contributed by atoms with E-state index < -0.39 is 0 Å². The third kappa shape index (κ3) is 6.87. The number of fused-ring (bicyclic) bond motifs is 1. The zero-order valence-corrected chi connectivity index (χ0v) is 24.0. The van der Waals surface area contributed by atoms with E-state index in [0.29, 0.717) is 41.8 Å². The molecule has 2 fully saturated rings. The topological polar surface area (TPSA) is 137 Å². The Morgan fingerprint density at radius 1 is 1.07 bits per heavy atom. The number of halogens is 2. The molecule has 2 aliphatic heterocycles. The molecule has 4 aromatic rings. The van der Waals surface area contributed by atoms with Crippen LogP contribution >= 0.6 is 24.0 Å². The van der Waals surface area contributed by atoms with Gasteiger partial charge in [-0.15, -0.1) is 12.4 Å². The SMILES string of the molecule is Cl.N/C(=N\O)c1ccc2nc(CN3CCC(Oc4ccnc(Cc5ccc(Cl)cc5)n4)CC3)n(C[C@@H]3CCO3)c2n1. The Bertz CT molecular complexity index is 1500. The fourth-order valence-corrected chi connectivity index (χ4v) is 5.19. The fourth-order valence-electron chi connectivity index (χ4n) is 5.06. The van der Waals surface area contributed by atoms with Gasteiger partial charge in [0, 0.05) is 43.4 Å². The first-order valence-electron chi connectivity index (χ1n) is 13.4. The quantitative estimate of drug-likeness (QED) is 0.127. The molecule has 3 aromatic heterocycles. The highest BCUT2D eigenvalue weighted by Crippen LogP contribution is 2.24. The zero-order valence-electron chi connectivity index (χ0n) is 22.4. The van der Waals surface area contributed by atoms with Gasteiger partial charge in [0.1, 0.15) is 29.0 Å². The van der Waals surface area contributed by atoms with E-state index in [4.69, 9.17) is 37.0 Å². The summed E-state index contributed by atoms with van der Waals surface area (Å²) in [7, 11) is 0. The van der Waals surface area contributed by atoms with Crippen LogP contribution in [0.4, 0.5) is 0 Å². The summed E-state index contributed by atoms with van der Waals surface area (Å²) in [6.07, 6.45) is 5.37. The molecule has 0 spiro atoms. The number of benzene rings is 1. The van der Waals surface area contributed by atoms with Gasteiger partial charge in [-0.2, -0.15) is 4.98 Å². The molecule has 2 saturated heterocycles. The summed E-state index contributed by atoms with van der Waals surface area (Å²) < 4.78 is 14.1. The number of aromatic nitrogens is 5. The number of pyridine rings is 1. The van der Waals surface area contributed by atoms with E-state index in [1.54, 1.807) is 12.3 Å². The number of imidazole rings is 1. The molecule has 41 heavy (non-hydrogen) atoms. The normalized spacial score (nSPS) is 18.2. The van der Waals surface area contributed by atoms with Crippen molar-refractivity contribution in [1.29, 1.82) is 0 Å². The number of rotatable bonds is 9. The number of ether oxygens (including phenoxy) is 2. The summed E-state index contributed by atoms with van der Waals surface area (Å²) in [5.41, 5.74) is 8.80. The second-order valence-corrected chi connectivity index (χ2v) is 10.6. The van der Waals surface area contributed by atoms with Gasteiger partial charge in [-0.3, -0.25) is 4.90 Å². The smallest absolute Gasteiger partial charge is 0.216 e. The predicted octanol–water partition coefficient (Wildman–Crippen LogP) is 3.81. The van der Waals surface area contributed by atoms with Gasteiger partial charge in [-0.1, -0.05) is 28.9 Å². The zero-order chi connectivity index (χ0) is 27.5. The van der Waals surface area contributed by atoms with Crippen LogP contribution in [0.25, 0.3) is 11.2 Å². The highest BCUT2D eigenvalue weighted by atomic mass is 35.5. The Balaban J connectivity index is 0.00000337. The largest absolute Gasteiger partial charge is 0.474 e. The first-order valence-corrected chi connectivity index (χ1v) is 13.8. The maximum atomic E-state index is 9.09. The number of amidine groups is 1. The lowest BCUT2D eigenvalue weighted by Gasteiger charge is -2.32. The summed E-state index contributed by atoms with van der Waals surface area (Å²) in [6.45, 7) is 3.88. The lowest BCUT2D eigenvalue weighted by molar-refractivity contribution is -0.0593. The van der Waals surface area contributed by atoms with E-state index >= 15 is 0 Å². The minimum absolute atomic E-state index is 0. The molecule has 0 aliphatic carbocycles. The molecule has 2 aliphatic rings. The molecular formula is C28H32Cl2N8O3. The number of piperidine rings is 1. The van der Waals surface area contributed by atoms with Gasteiger partial charge in [0.2, 0.25) is 5.88 Å². The maximum Gasteiger partial charge on any atom is 0.216 e. The van der Waals surface area contributed by atoms with Crippen LogP contribution in [0, 0.1) is 0 Å². The van der Waals surface area contributed by atoms with Crippen molar-refractivity contribution >= 4 is 41.0 Å². The van der Waals surface area contributed by atoms with E-state index in [0.717, 1.165) is 61.7 Å². The van der Waals surface area contributed by atoms with E-state index in [-0.39, 0.29) is 30.5 Å². The van der Waals surface area contributed by atoms with Crippen LogP contribution in [-0.2, 0) is 24.2 Å². The van der Waals surface area contributed by atoms with Crippen molar-refractivity contribution in [3.8, 4) is 5.88 Å². The Hall–Kier alpha value is -3.51. The van der Waals surface area contributed by atoms with Crippen molar-refractivity contribution in [1.82, 2.24) is 29.4 Å². The first kappa shape index (κ1) is 29.0. The molecule has 0 radical (unpaired) electrons. The second-order valence-electron chi connectivity index (χ2n) is 10.2. The molecule has 11 nitrogen and oxygen atoms in total. The lowest BCUT2D eigenvalue weighted by Crippen LogP contribution is -2.39. The van der Waals surface area contributed by atoms with E-state index in [2.05, 4.69) is 29.6 Å². The van der Waals surface area contributed by atoms with Gasteiger partial charge in [0.15, 0.2) is 11.5 Å². The van der Waals surface area contributed by atoms with Crippen LogP contribution in [0.15, 0.2) is 53.8 Å². The van der Waals surface area contributed by atoms with E-state index in [9.17, 15) is 0 Å². The summed E-state index contributed by atoms with van der Waals surface area (Å²) in [6, 6.07) is 13.1. The highest BCUT2D eigenvalue weighted by Gasteiger charge is 2.26. The van der Waals surface area contributed by atoms with Gasteiger partial charge in [-0.05, 0) is 49.1 Å². The number of hydrogen-bond donors (Lipinski definition) is 2. The van der Waals surface area contributed by atoms with Gasteiger partial charge in [-0.25, -0.2) is 15.0 Å². The van der Waals surface area contributed by atoms with Gasteiger partial charge >= 0.3 is 0 Å². The summed E-state index contributed by atoms with van der Waals surface area (Å²) in [4.78, 5) is 20.9. The average molecular weight is 600 g/mol. The van der Waals surface area contributed by atoms with Crippen molar-refractivity contribution in [2.45, 2.75) is 51.0 Å². The van der Waals surface area contributed by atoms with Crippen LogP contribution in [0.2, 0.25) is 5.02 Å². The van der Waals surface area contributed by atoms with Crippen molar-refractivity contribution in [3.05, 3.63) is 76.6 Å². The van der Waals surface area contributed by atoms with Gasteiger partial charge in [0.05, 0.1) is 19.2 Å². The Morgan fingerprint density at radius 2 is 1.85 bits per heavy atom. The number of hydrogen-bond acceptors (Lipinski definition) is 9. The van der Waals surface area contributed by atoms with E-state index in [1.165, 1.54) is 0 Å². The molecule has 216 valence electrons. The third-order valence-corrected chi connectivity index (χ3v) is 7.62.